The lowest BCUT2D eigenvalue weighted by molar-refractivity contribution is -0.153. The van der Waals surface area contributed by atoms with Crippen molar-refractivity contribution < 1.29 is 14.3 Å². The van der Waals surface area contributed by atoms with E-state index in [0.29, 0.717) is 0 Å². The molecule has 0 N–H and O–H groups in total. The van der Waals surface area contributed by atoms with Gasteiger partial charge in [0.2, 0.25) is 0 Å². The van der Waals surface area contributed by atoms with Crippen molar-refractivity contribution in [3.8, 4) is 0 Å². The third-order valence-electron chi connectivity index (χ3n) is 3.50. The van der Waals surface area contributed by atoms with Gasteiger partial charge in [0.15, 0.2) is 0 Å². The monoisotopic (exact) mass is 252 g/mol. The Kier molecular flexibility index (Phi) is 2.67. The number of cyclic esters (lactones) is 2. The Balaban J connectivity index is 2.23. The number of hydrogen-bond donors (Lipinski definition) is 0. The molecule has 1 heterocycles. The molecule has 0 aliphatic carbocycles. The van der Waals surface area contributed by atoms with Gasteiger partial charge < -0.3 is 4.74 Å². The van der Waals surface area contributed by atoms with Gasteiger partial charge in [0, 0.05) is 0 Å². The molecule has 0 aromatic heterocycles. The van der Waals surface area contributed by atoms with Crippen molar-refractivity contribution >= 4 is 11.9 Å². The lowest BCUT2D eigenvalue weighted by Gasteiger charge is -2.24. The van der Waals surface area contributed by atoms with Crippen LogP contribution in [0.5, 0.6) is 0 Å². The smallest absolute Gasteiger partial charge is 0.329 e. The van der Waals surface area contributed by atoms with Crippen LogP contribution in [-0.4, -0.2) is 11.9 Å². The molecule has 0 atom stereocenters. The van der Waals surface area contributed by atoms with Crippen molar-refractivity contribution in [2.75, 3.05) is 0 Å². The first-order valence-corrected chi connectivity index (χ1v) is 6.09. The summed E-state index contributed by atoms with van der Waals surface area (Å²) in [5.74, 6) is -0.965. The predicted molar refractivity (Wildman–Crippen MR) is 69.4 cm³/mol. The highest BCUT2D eigenvalue weighted by Crippen LogP contribution is 2.41. The first-order chi connectivity index (χ1) is 9.23. The van der Waals surface area contributed by atoms with Crippen molar-refractivity contribution in [2.45, 2.75) is 11.8 Å². The number of benzene rings is 2. The molecule has 0 amide bonds. The molecule has 0 spiro atoms. The molecule has 2 aromatic carbocycles. The molecule has 1 aliphatic heterocycles. The van der Waals surface area contributed by atoms with E-state index in [4.69, 9.17) is 4.74 Å². The zero-order valence-electron chi connectivity index (χ0n) is 10.2. The van der Waals surface area contributed by atoms with Crippen molar-refractivity contribution in [2.24, 2.45) is 0 Å². The summed E-state index contributed by atoms with van der Waals surface area (Å²) < 4.78 is 4.81. The minimum atomic E-state index is -1.00. The van der Waals surface area contributed by atoms with Gasteiger partial charge in [0.05, 0.1) is 6.42 Å². The van der Waals surface area contributed by atoms with Crippen LogP contribution in [0.1, 0.15) is 17.5 Å². The maximum absolute atomic E-state index is 12.3. The van der Waals surface area contributed by atoms with Crippen molar-refractivity contribution in [1.82, 2.24) is 0 Å². The summed E-state index contributed by atoms with van der Waals surface area (Å²) in [6, 6.07) is 18.6. The number of rotatable bonds is 2. The fraction of sp³-hybridized carbons (Fsp3) is 0.125. The number of carbonyl (C=O) groups is 2. The van der Waals surface area contributed by atoms with E-state index in [-0.39, 0.29) is 6.42 Å². The standard InChI is InChI=1S/C16H12O3/c17-14-11-16(15(18)19-14,12-7-3-1-4-8-12)13-9-5-2-6-10-13/h1-10H,11H2. The molecule has 19 heavy (non-hydrogen) atoms. The lowest BCUT2D eigenvalue weighted by atomic mass is 9.73. The van der Waals surface area contributed by atoms with E-state index >= 15 is 0 Å². The van der Waals surface area contributed by atoms with Crippen molar-refractivity contribution in [1.29, 1.82) is 0 Å². The molecule has 0 saturated carbocycles. The second kappa shape index (κ2) is 4.35. The van der Waals surface area contributed by atoms with Gasteiger partial charge in [0.1, 0.15) is 5.41 Å². The van der Waals surface area contributed by atoms with E-state index in [1.54, 1.807) is 0 Å². The van der Waals surface area contributed by atoms with Gasteiger partial charge in [-0.15, -0.1) is 0 Å². The largest absolute Gasteiger partial charge is 0.392 e. The molecule has 1 saturated heterocycles. The Morgan fingerprint density at radius 1 is 0.789 bits per heavy atom. The zero-order chi connectivity index (χ0) is 13.3. The third-order valence-corrected chi connectivity index (χ3v) is 3.50. The van der Waals surface area contributed by atoms with Gasteiger partial charge in [-0.25, -0.2) is 0 Å². The number of hydrogen-bond acceptors (Lipinski definition) is 3. The average molecular weight is 252 g/mol. The zero-order valence-corrected chi connectivity index (χ0v) is 10.2. The van der Waals surface area contributed by atoms with Gasteiger partial charge in [-0.3, -0.25) is 9.59 Å². The summed E-state index contributed by atoms with van der Waals surface area (Å²) in [7, 11) is 0. The summed E-state index contributed by atoms with van der Waals surface area (Å²) in [6.45, 7) is 0. The maximum Gasteiger partial charge on any atom is 0.329 e. The molecule has 3 rings (SSSR count). The molecule has 2 aromatic rings. The number of ether oxygens (including phenoxy) is 1. The second-order valence-electron chi connectivity index (χ2n) is 4.58. The van der Waals surface area contributed by atoms with Crippen LogP contribution in [0, 0.1) is 0 Å². The van der Waals surface area contributed by atoms with E-state index in [0.717, 1.165) is 11.1 Å². The normalized spacial score (nSPS) is 17.3. The minimum Gasteiger partial charge on any atom is -0.392 e. The fourth-order valence-electron chi connectivity index (χ4n) is 2.57. The van der Waals surface area contributed by atoms with E-state index in [2.05, 4.69) is 0 Å². The third kappa shape index (κ3) is 1.74. The van der Waals surface area contributed by atoms with Crippen LogP contribution in [0.15, 0.2) is 60.7 Å². The molecule has 94 valence electrons. The van der Waals surface area contributed by atoms with Crippen LogP contribution >= 0.6 is 0 Å². The van der Waals surface area contributed by atoms with E-state index in [9.17, 15) is 9.59 Å². The fourth-order valence-corrected chi connectivity index (χ4v) is 2.57. The summed E-state index contributed by atoms with van der Waals surface area (Å²) in [5.41, 5.74) is 0.577. The Morgan fingerprint density at radius 3 is 1.63 bits per heavy atom. The van der Waals surface area contributed by atoms with Crippen LogP contribution < -0.4 is 0 Å². The maximum atomic E-state index is 12.3. The summed E-state index contributed by atoms with van der Waals surface area (Å²) in [6.07, 6.45) is 0.0554. The molecular formula is C16H12O3. The van der Waals surface area contributed by atoms with Gasteiger partial charge in [0.25, 0.3) is 0 Å². The SMILES string of the molecule is O=C1CC(c2ccccc2)(c2ccccc2)C(=O)O1. The van der Waals surface area contributed by atoms with E-state index < -0.39 is 17.4 Å². The number of carbonyl (C=O) groups excluding carboxylic acids is 2. The highest BCUT2D eigenvalue weighted by molar-refractivity contribution is 6.03. The molecule has 1 aliphatic rings. The highest BCUT2D eigenvalue weighted by Gasteiger charge is 2.51. The van der Waals surface area contributed by atoms with Crippen molar-refractivity contribution in [3.63, 3.8) is 0 Å². The Bertz CT molecular complexity index is 577. The Labute approximate surface area is 110 Å². The van der Waals surface area contributed by atoms with Gasteiger partial charge >= 0.3 is 11.9 Å². The van der Waals surface area contributed by atoms with Crippen LogP contribution in [0.2, 0.25) is 0 Å². The first kappa shape index (κ1) is 11.7. The van der Waals surface area contributed by atoms with Gasteiger partial charge in [-0.2, -0.15) is 0 Å². The van der Waals surface area contributed by atoms with Crippen LogP contribution in [0.4, 0.5) is 0 Å². The van der Waals surface area contributed by atoms with E-state index in [1.165, 1.54) is 0 Å². The Morgan fingerprint density at radius 2 is 1.26 bits per heavy atom. The molecule has 3 heteroatoms. The van der Waals surface area contributed by atoms with E-state index in [1.807, 2.05) is 60.7 Å². The quantitative estimate of drug-likeness (QED) is 0.609. The number of esters is 2. The molecule has 1 fully saturated rings. The summed E-state index contributed by atoms with van der Waals surface area (Å²) in [4.78, 5) is 23.8. The molecular weight excluding hydrogens is 240 g/mol. The summed E-state index contributed by atoms with van der Waals surface area (Å²) >= 11 is 0. The molecule has 0 radical (unpaired) electrons. The van der Waals surface area contributed by atoms with Crippen molar-refractivity contribution in [3.05, 3.63) is 71.8 Å². The van der Waals surface area contributed by atoms with Crippen LogP contribution in [0.25, 0.3) is 0 Å². The first-order valence-electron chi connectivity index (χ1n) is 6.09. The lowest BCUT2D eigenvalue weighted by Crippen LogP contribution is -2.32. The van der Waals surface area contributed by atoms with Crippen LogP contribution in [-0.2, 0) is 19.7 Å². The van der Waals surface area contributed by atoms with Crippen LogP contribution in [0.3, 0.4) is 0 Å². The van der Waals surface area contributed by atoms with Gasteiger partial charge in [-0.1, -0.05) is 60.7 Å². The predicted octanol–water partition coefficient (Wildman–Crippen LogP) is 2.45. The molecule has 0 unspecified atom stereocenters. The molecule has 0 bridgehead atoms. The topological polar surface area (TPSA) is 43.4 Å². The van der Waals surface area contributed by atoms with Gasteiger partial charge in [-0.05, 0) is 11.1 Å². The minimum absolute atomic E-state index is 0.0554. The Hall–Kier alpha value is -2.42. The average Bonchev–Trinajstić information content (AvgIpc) is 2.76. The second-order valence-corrected chi connectivity index (χ2v) is 4.58. The highest BCUT2D eigenvalue weighted by atomic mass is 16.6. The molecule has 3 nitrogen and oxygen atoms in total. The summed E-state index contributed by atoms with van der Waals surface area (Å²) in [5, 5.41) is 0.